The molecule has 0 unspecified atom stereocenters. The molecular formula is C21H28N2O6S2. The van der Waals surface area contributed by atoms with Gasteiger partial charge < -0.3 is 9.47 Å². The van der Waals surface area contributed by atoms with Crippen LogP contribution in [0.1, 0.15) is 19.4 Å². The fourth-order valence-corrected chi connectivity index (χ4v) is 6.21. The molecule has 2 aromatic rings. The molecule has 0 saturated carbocycles. The summed E-state index contributed by atoms with van der Waals surface area (Å²) in [6.07, 6.45) is 0. The van der Waals surface area contributed by atoms with E-state index in [1.54, 1.807) is 30.3 Å². The molecule has 3 rings (SSSR count). The van der Waals surface area contributed by atoms with Gasteiger partial charge in [-0.3, -0.25) is 0 Å². The lowest BCUT2D eigenvalue weighted by molar-refractivity contribution is 0.272. The van der Waals surface area contributed by atoms with Crippen LogP contribution in [0.25, 0.3) is 0 Å². The zero-order valence-corrected chi connectivity index (χ0v) is 19.6. The minimum absolute atomic E-state index is 0.0740. The highest BCUT2D eigenvalue weighted by molar-refractivity contribution is 7.89. The van der Waals surface area contributed by atoms with Gasteiger partial charge in [0.05, 0.1) is 23.0 Å². The summed E-state index contributed by atoms with van der Waals surface area (Å²) < 4.78 is 65.7. The normalized spacial score (nSPS) is 16.2. The third-order valence-corrected chi connectivity index (χ3v) is 8.82. The number of sulfonamides is 2. The summed E-state index contributed by atoms with van der Waals surface area (Å²) in [6, 6.07) is 11.2. The van der Waals surface area contributed by atoms with Crippen LogP contribution in [0.15, 0.2) is 52.3 Å². The molecule has 8 nitrogen and oxygen atoms in total. The number of aryl methyl sites for hydroxylation is 1. The molecule has 0 atom stereocenters. The van der Waals surface area contributed by atoms with Gasteiger partial charge in [-0.25, -0.2) is 16.8 Å². The highest BCUT2D eigenvalue weighted by Gasteiger charge is 2.34. The minimum Gasteiger partial charge on any atom is -0.490 e. The molecule has 170 valence electrons. The number of hydrogen-bond acceptors (Lipinski definition) is 6. The molecular weight excluding hydrogens is 440 g/mol. The zero-order valence-electron chi connectivity index (χ0n) is 17.9. The van der Waals surface area contributed by atoms with Crippen molar-refractivity contribution >= 4 is 20.0 Å². The van der Waals surface area contributed by atoms with Gasteiger partial charge in [-0.15, -0.1) is 0 Å². The van der Waals surface area contributed by atoms with Crippen LogP contribution in [0, 0.1) is 6.92 Å². The molecule has 0 bridgehead atoms. The SMILES string of the molecule is CCOc1ccc(S(=O)(=O)N2CCN(S(=O)(=O)c3ccc(C)cc3)CC2)cc1OCC. The van der Waals surface area contributed by atoms with Gasteiger partial charge in [-0.1, -0.05) is 17.7 Å². The van der Waals surface area contributed by atoms with Crippen molar-refractivity contribution in [3.8, 4) is 11.5 Å². The van der Waals surface area contributed by atoms with E-state index in [0.717, 1.165) is 5.56 Å². The van der Waals surface area contributed by atoms with Gasteiger partial charge in [0.2, 0.25) is 20.0 Å². The standard InChI is InChI=1S/C21H28N2O6S2/c1-4-28-20-11-10-19(16-21(20)29-5-2)31(26,27)23-14-12-22(13-15-23)30(24,25)18-8-6-17(3)7-9-18/h6-11,16H,4-5,12-15H2,1-3H3. The van der Waals surface area contributed by atoms with Crippen molar-refractivity contribution < 1.29 is 26.3 Å². The lowest BCUT2D eigenvalue weighted by Crippen LogP contribution is -2.50. The van der Waals surface area contributed by atoms with E-state index in [-0.39, 0.29) is 36.0 Å². The Labute approximate surface area is 184 Å². The Morgan fingerprint density at radius 1 is 0.710 bits per heavy atom. The van der Waals surface area contributed by atoms with Crippen LogP contribution in [0.2, 0.25) is 0 Å². The quantitative estimate of drug-likeness (QED) is 0.591. The van der Waals surface area contributed by atoms with Gasteiger partial charge in [0.25, 0.3) is 0 Å². The number of piperazine rings is 1. The molecule has 1 aliphatic rings. The lowest BCUT2D eigenvalue weighted by Gasteiger charge is -2.33. The first kappa shape index (κ1) is 23.5. The van der Waals surface area contributed by atoms with E-state index >= 15 is 0 Å². The first-order valence-electron chi connectivity index (χ1n) is 10.2. The van der Waals surface area contributed by atoms with E-state index in [9.17, 15) is 16.8 Å². The Morgan fingerprint density at radius 3 is 1.68 bits per heavy atom. The fraction of sp³-hybridized carbons (Fsp3) is 0.429. The van der Waals surface area contributed by atoms with Crippen molar-refractivity contribution in [2.75, 3.05) is 39.4 Å². The van der Waals surface area contributed by atoms with Gasteiger partial charge in [-0.2, -0.15) is 8.61 Å². The maximum atomic E-state index is 13.1. The number of nitrogens with zero attached hydrogens (tertiary/aromatic N) is 2. The molecule has 0 N–H and O–H groups in total. The fourth-order valence-electron chi connectivity index (χ4n) is 3.35. The molecule has 1 saturated heterocycles. The first-order chi connectivity index (χ1) is 14.7. The van der Waals surface area contributed by atoms with E-state index < -0.39 is 20.0 Å². The maximum absolute atomic E-state index is 13.1. The van der Waals surface area contributed by atoms with Crippen molar-refractivity contribution in [2.24, 2.45) is 0 Å². The molecule has 0 amide bonds. The van der Waals surface area contributed by atoms with E-state index in [2.05, 4.69) is 0 Å². The second kappa shape index (κ2) is 9.56. The third-order valence-electron chi connectivity index (χ3n) is 5.01. The smallest absolute Gasteiger partial charge is 0.243 e. The molecule has 0 aliphatic carbocycles. The first-order valence-corrected chi connectivity index (χ1v) is 13.0. The predicted molar refractivity (Wildman–Crippen MR) is 117 cm³/mol. The van der Waals surface area contributed by atoms with E-state index in [1.807, 2.05) is 20.8 Å². The Balaban J connectivity index is 1.76. The predicted octanol–water partition coefficient (Wildman–Crippen LogP) is 2.49. The second-order valence-corrected chi connectivity index (χ2v) is 11.0. The van der Waals surface area contributed by atoms with Crippen LogP contribution in [0.4, 0.5) is 0 Å². The Bertz CT molecular complexity index is 1110. The Kier molecular flexibility index (Phi) is 7.25. The van der Waals surface area contributed by atoms with Crippen LogP contribution < -0.4 is 9.47 Å². The molecule has 0 spiro atoms. The summed E-state index contributed by atoms with van der Waals surface area (Å²) in [7, 11) is -7.46. The number of ether oxygens (including phenoxy) is 2. The van der Waals surface area contributed by atoms with Gasteiger partial charge in [0.1, 0.15) is 0 Å². The molecule has 31 heavy (non-hydrogen) atoms. The number of hydrogen-bond donors (Lipinski definition) is 0. The van der Waals surface area contributed by atoms with Crippen LogP contribution in [-0.4, -0.2) is 64.8 Å². The van der Waals surface area contributed by atoms with Crippen LogP contribution in [0.3, 0.4) is 0 Å². The summed E-state index contributed by atoms with van der Waals surface area (Å²) in [5, 5.41) is 0. The molecule has 1 aliphatic heterocycles. The van der Waals surface area contributed by atoms with E-state index in [1.165, 1.54) is 20.7 Å². The zero-order chi connectivity index (χ0) is 22.6. The number of benzene rings is 2. The largest absolute Gasteiger partial charge is 0.490 e. The third kappa shape index (κ3) is 5.03. The van der Waals surface area contributed by atoms with Crippen LogP contribution >= 0.6 is 0 Å². The summed E-state index contributed by atoms with van der Waals surface area (Å²) in [6.45, 7) is 6.67. The summed E-state index contributed by atoms with van der Waals surface area (Å²) >= 11 is 0. The van der Waals surface area contributed by atoms with Crippen molar-refractivity contribution in [3.63, 3.8) is 0 Å². The summed E-state index contributed by atoms with van der Waals surface area (Å²) in [5.41, 5.74) is 0.969. The molecule has 10 heteroatoms. The van der Waals surface area contributed by atoms with Crippen molar-refractivity contribution in [2.45, 2.75) is 30.6 Å². The highest BCUT2D eigenvalue weighted by atomic mass is 32.2. The Hall–Kier alpha value is -2.14. The minimum atomic E-state index is -3.80. The van der Waals surface area contributed by atoms with E-state index in [4.69, 9.17) is 9.47 Å². The summed E-state index contributed by atoms with van der Waals surface area (Å²) in [4.78, 5) is 0.302. The molecule has 0 radical (unpaired) electrons. The average molecular weight is 469 g/mol. The molecule has 2 aromatic carbocycles. The monoisotopic (exact) mass is 468 g/mol. The number of rotatable bonds is 8. The Morgan fingerprint density at radius 2 is 1.16 bits per heavy atom. The second-order valence-electron chi connectivity index (χ2n) is 7.10. The highest BCUT2D eigenvalue weighted by Crippen LogP contribution is 2.32. The van der Waals surface area contributed by atoms with Crippen molar-refractivity contribution in [3.05, 3.63) is 48.0 Å². The topological polar surface area (TPSA) is 93.2 Å². The van der Waals surface area contributed by atoms with Gasteiger partial charge >= 0.3 is 0 Å². The molecule has 1 heterocycles. The lowest BCUT2D eigenvalue weighted by atomic mass is 10.2. The van der Waals surface area contributed by atoms with E-state index in [0.29, 0.717) is 24.7 Å². The van der Waals surface area contributed by atoms with Crippen LogP contribution in [-0.2, 0) is 20.0 Å². The summed E-state index contributed by atoms with van der Waals surface area (Å²) in [5.74, 6) is 0.850. The average Bonchev–Trinajstić information content (AvgIpc) is 2.75. The molecule has 1 fully saturated rings. The van der Waals surface area contributed by atoms with Crippen molar-refractivity contribution in [1.82, 2.24) is 8.61 Å². The van der Waals surface area contributed by atoms with Crippen LogP contribution in [0.5, 0.6) is 11.5 Å². The van der Waals surface area contributed by atoms with Gasteiger partial charge in [0, 0.05) is 32.2 Å². The molecule has 0 aromatic heterocycles. The maximum Gasteiger partial charge on any atom is 0.243 e. The van der Waals surface area contributed by atoms with Crippen molar-refractivity contribution in [1.29, 1.82) is 0 Å². The van der Waals surface area contributed by atoms with Gasteiger partial charge in [-0.05, 0) is 45.0 Å². The van der Waals surface area contributed by atoms with Gasteiger partial charge in [0.15, 0.2) is 11.5 Å².